The third kappa shape index (κ3) is 3.47. The molecule has 6 heteroatoms. The number of benzene rings is 1. The number of aromatic nitrogens is 1. The Bertz CT molecular complexity index is 654. The fourth-order valence-electron chi connectivity index (χ4n) is 1.93. The number of nitro groups is 1. The van der Waals surface area contributed by atoms with Gasteiger partial charge in [-0.2, -0.15) is 0 Å². The molecular weight excluding hydrogens is 270 g/mol. The van der Waals surface area contributed by atoms with Crippen LogP contribution in [0.3, 0.4) is 0 Å². The first-order valence-electron chi connectivity index (χ1n) is 6.49. The van der Waals surface area contributed by atoms with Gasteiger partial charge in [-0.15, -0.1) is 0 Å². The van der Waals surface area contributed by atoms with Crippen LogP contribution in [0.15, 0.2) is 30.5 Å². The molecule has 1 aromatic heterocycles. The zero-order valence-electron chi connectivity index (χ0n) is 12.2. The highest BCUT2D eigenvalue weighted by Crippen LogP contribution is 2.28. The number of aryl methyl sites for hydroxylation is 2. The van der Waals surface area contributed by atoms with Crippen molar-refractivity contribution in [2.75, 3.05) is 12.4 Å². The summed E-state index contributed by atoms with van der Waals surface area (Å²) in [5.74, 6) is 0.538. The molecule has 1 heterocycles. The Labute approximate surface area is 122 Å². The number of nitro benzene ring substituents is 1. The highest BCUT2D eigenvalue weighted by Gasteiger charge is 2.15. The van der Waals surface area contributed by atoms with E-state index in [1.165, 1.54) is 0 Å². The monoisotopic (exact) mass is 287 g/mol. The molecule has 0 aliphatic carbocycles. The predicted molar refractivity (Wildman–Crippen MR) is 80.7 cm³/mol. The van der Waals surface area contributed by atoms with Crippen molar-refractivity contribution in [3.05, 3.63) is 57.3 Å². The number of rotatable bonds is 5. The second-order valence-corrected chi connectivity index (χ2v) is 4.77. The van der Waals surface area contributed by atoms with Crippen molar-refractivity contribution in [3.8, 4) is 5.88 Å². The molecule has 2 rings (SSSR count). The van der Waals surface area contributed by atoms with Gasteiger partial charge in [-0.3, -0.25) is 10.1 Å². The minimum absolute atomic E-state index is 0.0829. The van der Waals surface area contributed by atoms with Gasteiger partial charge in [0.15, 0.2) is 0 Å². The van der Waals surface area contributed by atoms with Gasteiger partial charge in [0.05, 0.1) is 12.0 Å². The summed E-state index contributed by atoms with van der Waals surface area (Å²) in [5.41, 5.74) is 3.43. The first kappa shape index (κ1) is 14.8. The van der Waals surface area contributed by atoms with Crippen LogP contribution < -0.4 is 10.1 Å². The molecule has 1 aromatic carbocycles. The molecule has 0 atom stereocenters. The van der Waals surface area contributed by atoms with Crippen LogP contribution in [0, 0.1) is 24.0 Å². The van der Waals surface area contributed by atoms with E-state index in [2.05, 4.69) is 10.3 Å². The van der Waals surface area contributed by atoms with Crippen molar-refractivity contribution in [2.24, 2.45) is 0 Å². The molecule has 0 bridgehead atoms. The maximum atomic E-state index is 11.1. The lowest BCUT2D eigenvalue weighted by atomic mass is 10.1. The maximum absolute atomic E-state index is 11.1. The van der Waals surface area contributed by atoms with E-state index in [1.807, 2.05) is 19.9 Å². The molecule has 110 valence electrons. The number of pyridine rings is 1. The summed E-state index contributed by atoms with van der Waals surface area (Å²) in [7, 11) is 1.55. The summed E-state index contributed by atoms with van der Waals surface area (Å²) >= 11 is 0. The largest absolute Gasteiger partial charge is 0.481 e. The van der Waals surface area contributed by atoms with Crippen molar-refractivity contribution in [3.63, 3.8) is 0 Å². The SMILES string of the molecule is COc1ccc(CNc2cc(C)c(C)cc2[N+](=O)[O-])cn1. The normalized spacial score (nSPS) is 10.2. The Morgan fingerprint density at radius 1 is 1.29 bits per heavy atom. The third-order valence-electron chi connectivity index (χ3n) is 3.30. The number of nitrogens with zero attached hydrogens (tertiary/aromatic N) is 2. The smallest absolute Gasteiger partial charge is 0.292 e. The fourth-order valence-corrected chi connectivity index (χ4v) is 1.93. The number of methoxy groups -OCH3 is 1. The molecule has 0 spiro atoms. The molecule has 0 fully saturated rings. The van der Waals surface area contributed by atoms with Gasteiger partial charge >= 0.3 is 0 Å². The summed E-state index contributed by atoms with van der Waals surface area (Å²) in [4.78, 5) is 14.8. The average molecular weight is 287 g/mol. The molecule has 21 heavy (non-hydrogen) atoms. The van der Waals surface area contributed by atoms with Gasteiger partial charge in [0, 0.05) is 24.9 Å². The van der Waals surface area contributed by atoms with Crippen LogP contribution in [0.2, 0.25) is 0 Å². The number of hydrogen-bond acceptors (Lipinski definition) is 5. The lowest BCUT2D eigenvalue weighted by molar-refractivity contribution is -0.384. The van der Waals surface area contributed by atoms with Crippen LogP contribution in [-0.2, 0) is 6.54 Å². The van der Waals surface area contributed by atoms with E-state index in [4.69, 9.17) is 4.74 Å². The lowest BCUT2D eigenvalue weighted by Crippen LogP contribution is -2.04. The van der Waals surface area contributed by atoms with E-state index in [-0.39, 0.29) is 10.6 Å². The average Bonchev–Trinajstić information content (AvgIpc) is 2.48. The predicted octanol–water partition coefficient (Wildman–Crippen LogP) is 3.23. The number of anilines is 1. The van der Waals surface area contributed by atoms with Crippen molar-refractivity contribution < 1.29 is 9.66 Å². The first-order chi connectivity index (χ1) is 10.0. The standard InChI is InChI=1S/C15H17N3O3/c1-10-6-13(14(18(19)20)7-11(10)2)16-8-12-4-5-15(21-3)17-9-12/h4-7,9,16H,8H2,1-3H3. The summed E-state index contributed by atoms with van der Waals surface area (Å²) in [5, 5.41) is 14.2. The van der Waals surface area contributed by atoms with E-state index in [0.29, 0.717) is 18.1 Å². The maximum Gasteiger partial charge on any atom is 0.292 e. The van der Waals surface area contributed by atoms with E-state index >= 15 is 0 Å². The molecule has 0 aliphatic rings. The molecule has 0 unspecified atom stereocenters. The Morgan fingerprint density at radius 2 is 2.00 bits per heavy atom. The summed E-state index contributed by atoms with van der Waals surface area (Å²) < 4.78 is 4.99. The zero-order valence-corrected chi connectivity index (χ0v) is 12.2. The van der Waals surface area contributed by atoms with Crippen LogP contribution in [0.5, 0.6) is 5.88 Å². The topological polar surface area (TPSA) is 77.3 Å². The van der Waals surface area contributed by atoms with Crippen molar-refractivity contribution in [1.82, 2.24) is 4.98 Å². The fraction of sp³-hybridized carbons (Fsp3) is 0.267. The molecule has 0 amide bonds. The van der Waals surface area contributed by atoms with Crippen LogP contribution >= 0.6 is 0 Å². The minimum atomic E-state index is -0.374. The Kier molecular flexibility index (Phi) is 4.37. The van der Waals surface area contributed by atoms with Gasteiger partial charge in [0.25, 0.3) is 5.69 Å². The second-order valence-electron chi connectivity index (χ2n) is 4.77. The van der Waals surface area contributed by atoms with Gasteiger partial charge in [-0.25, -0.2) is 4.98 Å². The molecule has 1 N–H and O–H groups in total. The highest BCUT2D eigenvalue weighted by atomic mass is 16.6. The molecular formula is C15H17N3O3. The van der Waals surface area contributed by atoms with Gasteiger partial charge in [-0.05, 0) is 36.6 Å². The lowest BCUT2D eigenvalue weighted by Gasteiger charge is -2.10. The third-order valence-corrected chi connectivity index (χ3v) is 3.30. The summed E-state index contributed by atoms with van der Waals surface area (Å²) in [6, 6.07) is 7.01. The van der Waals surface area contributed by atoms with E-state index < -0.39 is 0 Å². The minimum Gasteiger partial charge on any atom is -0.481 e. The van der Waals surface area contributed by atoms with Crippen molar-refractivity contribution >= 4 is 11.4 Å². The van der Waals surface area contributed by atoms with Crippen molar-refractivity contribution in [2.45, 2.75) is 20.4 Å². The Hall–Kier alpha value is -2.63. The van der Waals surface area contributed by atoms with Gasteiger partial charge in [0.2, 0.25) is 5.88 Å². The van der Waals surface area contributed by atoms with E-state index in [1.54, 1.807) is 31.5 Å². The quantitative estimate of drug-likeness (QED) is 0.674. The molecule has 0 saturated heterocycles. The number of nitrogens with one attached hydrogen (secondary N) is 1. The zero-order chi connectivity index (χ0) is 15.4. The van der Waals surface area contributed by atoms with Gasteiger partial charge < -0.3 is 10.1 Å². The first-order valence-corrected chi connectivity index (χ1v) is 6.49. The Morgan fingerprint density at radius 3 is 2.57 bits per heavy atom. The second kappa shape index (κ2) is 6.21. The van der Waals surface area contributed by atoms with E-state index in [9.17, 15) is 10.1 Å². The highest BCUT2D eigenvalue weighted by molar-refractivity contribution is 5.64. The van der Waals surface area contributed by atoms with Gasteiger partial charge in [0.1, 0.15) is 5.69 Å². The molecule has 0 aliphatic heterocycles. The number of hydrogen-bond donors (Lipinski definition) is 1. The summed E-state index contributed by atoms with van der Waals surface area (Å²) in [6.45, 7) is 4.25. The van der Waals surface area contributed by atoms with Crippen LogP contribution in [0.1, 0.15) is 16.7 Å². The van der Waals surface area contributed by atoms with Crippen LogP contribution in [0.4, 0.5) is 11.4 Å². The van der Waals surface area contributed by atoms with Crippen LogP contribution in [0.25, 0.3) is 0 Å². The number of ether oxygens (including phenoxy) is 1. The van der Waals surface area contributed by atoms with Crippen molar-refractivity contribution in [1.29, 1.82) is 0 Å². The van der Waals surface area contributed by atoms with Gasteiger partial charge in [-0.1, -0.05) is 6.07 Å². The summed E-state index contributed by atoms with van der Waals surface area (Å²) in [6.07, 6.45) is 1.68. The molecule has 2 aromatic rings. The van der Waals surface area contributed by atoms with Crippen LogP contribution in [-0.4, -0.2) is 17.0 Å². The van der Waals surface area contributed by atoms with E-state index in [0.717, 1.165) is 16.7 Å². The molecule has 0 saturated carbocycles. The molecule has 0 radical (unpaired) electrons. The molecule has 6 nitrogen and oxygen atoms in total. The Balaban J connectivity index is 2.18.